The monoisotopic (exact) mass is 344 g/mol. The zero-order valence-electron chi connectivity index (χ0n) is 12.4. The van der Waals surface area contributed by atoms with E-state index < -0.39 is 21.7 Å². The predicted molar refractivity (Wildman–Crippen MR) is 87.2 cm³/mol. The summed E-state index contributed by atoms with van der Waals surface area (Å²) in [5, 5.41) is 0.432. The third-order valence-electron chi connectivity index (χ3n) is 3.42. The minimum absolute atomic E-state index is 0.0134. The molecular formula is C17H13FN2O3S. The van der Waals surface area contributed by atoms with Gasteiger partial charge in [0.25, 0.3) is 10.0 Å². The number of carbonyl (C=O) groups excluding carboxylic acids is 1. The number of amides is 1. The van der Waals surface area contributed by atoms with Crippen molar-refractivity contribution in [1.82, 2.24) is 9.71 Å². The van der Waals surface area contributed by atoms with Gasteiger partial charge in [0.05, 0.1) is 16.8 Å². The summed E-state index contributed by atoms with van der Waals surface area (Å²) >= 11 is 0. The molecule has 3 aromatic rings. The third-order valence-corrected chi connectivity index (χ3v) is 4.85. The molecule has 0 aliphatic heterocycles. The molecule has 5 nitrogen and oxygen atoms in total. The Balaban J connectivity index is 1.85. The van der Waals surface area contributed by atoms with Gasteiger partial charge in [0.1, 0.15) is 5.82 Å². The molecule has 1 heterocycles. The van der Waals surface area contributed by atoms with E-state index in [2.05, 4.69) is 4.98 Å². The van der Waals surface area contributed by atoms with Crippen LogP contribution in [0.1, 0.15) is 5.56 Å². The van der Waals surface area contributed by atoms with Gasteiger partial charge in [0.15, 0.2) is 0 Å². The zero-order valence-corrected chi connectivity index (χ0v) is 13.3. The zero-order chi connectivity index (χ0) is 17.2. The van der Waals surface area contributed by atoms with Crippen molar-refractivity contribution in [3.05, 3.63) is 72.2 Å². The summed E-state index contributed by atoms with van der Waals surface area (Å²) in [5.74, 6) is -1.11. The van der Waals surface area contributed by atoms with Crippen molar-refractivity contribution in [3.63, 3.8) is 0 Å². The van der Waals surface area contributed by atoms with Crippen molar-refractivity contribution in [1.29, 1.82) is 0 Å². The molecule has 1 amide bonds. The number of fused-ring (bicyclic) bond motifs is 1. The van der Waals surface area contributed by atoms with Crippen LogP contribution in [-0.2, 0) is 21.2 Å². The molecule has 0 unspecified atom stereocenters. The highest BCUT2D eigenvalue weighted by atomic mass is 32.2. The van der Waals surface area contributed by atoms with Crippen LogP contribution in [-0.4, -0.2) is 19.3 Å². The van der Waals surface area contributed by atoms with Crippen LogP contribution >= 0.6 is 0 Å². The van der Waals surface area contributed by atoms with Crippen molar-refractivity contribution >= 4 is 26.8 Å². The van der Waals surface area contributed by atoms with E-state index in [9.17, 15) is 17.6 Å². The van der Waals surface area contributed by atoms with E-state index >= 15 is 0 Å². The molecule has 1 aromatic heterocycles. The molecule has 3 rings (SSSR count). The first kappa shape index (κ1) is 16.1. The van der Waals surface area contributed by atoms with Gasteiger partial charge in [-0.3, -0.25) is 9.78 Å². The summed E-state index contributed by atoms with van der Waals surface area (Å²) in [6.07, 6.45) is 1.40. The number of halogens is 1. The Hall–Kier alpha value is -2.80. The van der Waals surface area contributed by atoms with Crippen LogP contribution in [0.15, 0.2) is 65.7 Å². The predicted octanol–water partition coefficient (Wildman–Crippen LogP) is 2.42. The van der Waals surface area contributed by atoms with Gasteiger partial charge in [-0.05, 0) is 42.0 Å². The summed E-state index contributed by atoms with van der Waals surface area (Å²) in [5.41, 5.74) is 1.04. The summed E-state index contributed by atoms with van der Waals surface area (Å²) in [7, 11) is -4.03. The molecule has 0 saturated heterocycles. The van der Waals surface area contributed by atoms with Gasteiger partial charge in [0, 0.05) is 11.6 Å². The lowest BCUT2D eigenvalue weighted by atomic mass is 10.1. The highest BCUT2D eigenvalue weighted by molar-refractivity contribution is 7.90. The number of benzene rings is 2. The smallest absolute Gasteiger partial charge is 0.264 e. The van der Waals surface area contributed by atoms with Gasteiger partial charge in [-0.2, -0.15) is 0 Å². The van der Waals surface area contributed by atoms with Crippen LogP contribution < -0.4 is 4.72 Å². The molecule has 122 valence electrons. The average molecular weight is 344 g/mol. The first-order valence-electron chi connectivity index (χ1n) is 7.09. The maximum atomic E-state index is 12.9. The van der Waals surface area contributed by atoms with Crippen molar-refractivity contribution in [2.24, 2.45) is 0 Å². The van der Waals surface area contributed by atoms with Crippen LogP contribution in [0.2, 0.25) is 0 Å². The number of hydrogen-bond acceptors (Lipinski definition) is 4. The molecular weight excluding hydrogens is 331 g/mol. The lowest BCUT2D eigenvalue weighted by molar-refractivity contribution is -0.118. The minimum atomic E-state index is -4.03. The Bertz CT molecular complexity index is 997. The second-order valence-electron chi connectivity index (χ2n) is 5.16. The van der Waals surface area contributed by atoms with Gasteiger partial charge in [-0.25, -0.2) is 17.5 Å². The lowest BCUT2D eigenvalue weighted by Crippen LogP contribution is -2.32. The number of nitrogens with one attached hydrogen (secondary N) is 1. The summed E-state index contributed by atoms with van der Waals surface area (Å²) < 4.78 is 39.9. The fourth-order valence-corrected chi connectivity index (χ4v) is 3.54. The molecule has 0 spiro atoms. The summed E-state index contributed by atoms with van der Waals surface area (Å²) in [4.78, 5) is 16.1. The maximum absolute atomic E-state index is 12.9. The molecule has 0 aliphatic rings. The van der Waals surface area contributed by atoms with Crippen molar-refractivity contribution in [3.8, 4) is 0 Å². The first-order chi connectivity index (χ1) is 11.5. The van der Waals surface area contributed by atoms with Crippen LogP contribution in [0.25, 0.3) is 10.9 Å². The van der Waals surface area contributed by atoms with E-state index in [1.54, 1.807) is 30.5 Å². The molecule has 2 aromatic carbocycles. The normalized spacial score (nSPS) is 11.4. The number of carbonyl (C=O) groups is 1. The Labute approximate surface area is 138 Å². The number of rotatable bonds is 4. The van der Waals surface area contributed by atoms with Crippen molar-refractivity contribution < 1.29 is 17.6 Å². The molecule has 24 heavy (non-hydrogen) atoms. The number of aromatic nitrogens is 1. The van der Waals surface area contributed by atoms with Crippen LogP contribution in [0.3, 0.4) is 0 Å². The van der Waals surface area contributed by atoms with E-state index in [1.165, 1.54) is 30.3 Å². The fourth-order valence-electron chi connectivity index (χ4n) is 2.34. The quantitative estimate of drug-likeness (QED) is 0.789. The van der Waals surface area contributed by atoms with E-state index in [4.69, 9.17) is 0 Å². The minimum Gasteiger partial charge on any atom is -0.274 e. The molecule has 0 fully saturated rings. The molecule has 0 atom stereocenters. The molecule has 0 saturated carbocycles. The molecule has 0 bridgehead atoms. The number of pyridine rings is 1. The van der Waals surface area contributed by atoms with Gasteiger partial charge in [0.2, 0.25) is 5.91 Å². The van der Waals surface area contributed by atoms with Gasteiger partial charge >= 0.3 is 0 Å². The topological polar surface area (TPSA) is 76.1 Å². The maximum Gasteiger partial charge on any atom is 0.264 e. The highest BCUT2D eigenvalue weighted by Crippen LogP contribution is 2.21. The lowest BCUT2D eigenvalue weighted by Gasteiger charge is -2.09. The number of sulfonamides is 1. The second kappa shape index (κ2) is 6.37. The van der Waals surface area contributed by atoms with Gasteiger partial charge in [-0.15, -0.1) is 0 Å². The number of hydrogen-bond donors (Lipinski definition) is 1. The van der Waals surface area contributed by atoms with E-state index in [1.807, 2.05) is 4.72 Å². The second-order valence-corrected chi connectivity index (χ2v) is 6.81. The Morgan fingerprint density at radius 2 is 1.79 bits per heavy atom. The summed E-state index contributed by atoms with van der Waals surface area (Å²) in [6.45, 7) is 0. The molecule has 7 heteroatoms. The summed E-state index contributed by atoms with van der Waals surface area (Å²) in [6, 6.07) is 13.2. The van der Waals surface area contributed by atoms with Crippen LogP contribution in [0, 0.1) is 5.82 Å². The highest BCUT2D eigenvalue weighted by Gasteiger charge is 2.20. The largest absolute Gasteiger partial charge is 0.274 e. The molecule has 0 radical (unpaired) electrons. The van der Waals surface area contributed by atoms with E-state index in [0.717, 1.165) is 0 Å². The van der Waals surface area contributed by atoms with Crippen LogP contribution in [0.5, 0.6) is 0 Å². The Morgan fingerprint density at radius 3 is 2.54 bits per heavy atom. The molecule has 1 N–H and O–H groups in total. The van der Waals surface area contributed by atoms with Gasteiger partial charge < -0.3 is 0 Å². The van der Waals surface area contributed by atoms with E-state index in [-0.39, 0.29) is 11.3 Å². The SMILES string of the molecule is O=C(Cc1ccc(F)cc1)NS(=O)(=O)c1cccc2ncccc12. The Kier molecular flexibility index (Phi) is 4.26. The number of nitrogens with zero attached hydrogens (tertiary/aromatic N) is 1. The standard InChI is InChI=1S/C17H13FN2O3S/c18-13-8-6-12(7-9-13)11-17(21)20-24(22,23)16-5-1-4-15-14(16)3-2-10-19-15/h1-10H,11H2,(H,20,21). The third kappa shape index (κ3) is 3.41. The van der Waals surface area contributed by atoms with Crippen LogP contribution in [0.4, 0.5) is 4.39 Å². The fraction of sp³-hybridized carbons (Fsp3) is 0.0588. The molecule has 0 aliphatic carbocycles. The van der Waals surface area contributed by atoms with Crippen molar-refractivity contribution in [2.45, 2.75) is 11.3 Å². The van der Waals surface area contributed by atoms with Gasteiger partial charge in [-0.1, -0.05) is 18.2 Å². The van der Waals surface area contributed by atoms with E-state index in [0.29, 0.717) is 16.5 Å². The Morgan fingerprint density at radius 1 is 1.04 bits per heavy atom. The van der Waals surface area contributed by atoms with Crippen molar-refractivity contribution in [2.75, 3.05) is 0 Å². The average Bonchev–Trinajstić information content (AvgIpc) is 2.56. The first-order valence-corrected chi connectivity index (χ1v) is 8.58.